The van der Waals surface area contributed by atoms with Crippen molar-refractivity contribution in [1.29, 1.82) is 0 Å². The van der Waals surface area contributed by atoms with Crippen LogP contribution in [-0.4, -0.2) is 43.2 Å². The molecule has 0 spiro atoms. The molecule has 1 aromatic carbocycles. The highest BCUT2D eigenvalue weighted by Crippen LogP contribution is 2.18. The van der Waals surface area contributed by atoms with Crippen molar-refractivity contribution < 1.29 is 0 Å². The average Bonchev–Trinajstić information content (AvgIpc) is 2.55. The quantitative estimate of drug-likeness (QED) is 0.878. The van der Waals surface area contributed by atoms with E-state index < -0.39 is 0 Å². The van der Waals surface area contributed by atoms with E-state index in [-0.39, 0.29) is 0 Å². The molecule has 20 heavy (non-hydrogen) atoms. The molecule has 0 amide bonds. The maximum atomic E-state index is 3.72. The van der Waals surface area contributed by atoms with Crippen molar-refractivity contribution in [3.63, 3.8) is 0 Å². The molecule has 3 heteroatoms. The zero-order chi connectivity index (χ0) is 13.6. The van der Waals surface area contributed by atoms with Crippen LogP contribution in [0.2, 0.25) is 0 Å². The van der Waals surface area contributed by atoms with Crippen LogP contribution in [0.3, 0.4) is 0 Å². The van der Waals surface area contributed by atoms with Gasteiger partial charge in [-0.3, -0.25) is 0 Å². The number of hydrogen-bond acceptors (Lipinski definition) is 3. The highest BCUT2D eigenvalue weighted by molar-refractivity contribution is 5.14. The molecule has 2 aliphatic heterocycles. The fourth-order valence-electron chi connectivity index (χ4n) is 3.50. The summed E-state index contributed by atoms with van der Waals surface area (Å²) in [5.74, 6) is 0. The molecule has 1 aromatic rings. The Morgan fingerprint density at radius 1 is 1.00 bits per heavy atom. The van der Waals surface area contributed by atoms with Crippen molar-refractivity contribution in [1.82, 2.24) is 15.5 Å². The summed E-state index contributed by atoms with van der Waals surface area (Å²) in [5.41, 5.74) is 1.40. The minimum absolute atomic E-state index is 0.702. The van der Waals surface area contributed by atoms with Gasteiger partial charge in [-0.2, -0.15) is 0 Å². The molecule has 110 valence electrons. The van der Waals surface area contributed by atoms with Crippen LogP contribution < -0.4 is 10.6 Å². The molecule has 2 N–H and O–H groups in total. The first-order chi connectivity index (χ1) is 9.92. The molecule has 2 fully saturated rings. The fourth-order valence-corrected chi connectivity index (χ4v) is 3.50. The first-order valence-corrected chi connectivity index (χ1v) is 8.14. The van der Waals surface area contributed by atoms with Crippen LogP contribution in [0.25, 0.3) is 0 Å². The van der Waals surface area contributed by atoms with Crippen LogP contribution in [-0.2, 0) is 6.54 Å². The number of nitrogens with one attached hydrogen (secondary N) is 2. The third kappa shape index (κ3) is 3.81. The molecule has 0 saturated carbocycles. The van der Waals surface area contributed by atoms with Gasteiger partial charge in [0, 0.05) is 18.6 Å². The van der Waals surface area contributed by atoms with E-state index in [1.54, 1.807) is 0 Å². The summed E-state index contributed by atoms with van der Waals surface area (Å²) in [6, 6.07) is 12.3. The number of benzene rings is 1. The van der Waals surface area contributed by atoms with Crippen LogP contribution >= 0.6 is 0 Å². The first-order valence-electron chi connectivity index (χ1n) is 8.14. The molecule has 2 saturated heterocycles. The molecule has 2 aliphatic rings. The Kier molecular flexibility index (Phi) is 5.06. The topological polar surface area (TPSA) is 27.3 Å². The maximum Gasteiger partial charge on any atom is 0.0208 e. The molecular weight excluding hydrogens is 246 g/mol. The fraction of sp³-hybridized carbons (Fsp3) is 0.647. The van der Waals surface area contributed by atoms with E-state index in [1.165, 1.54) is 57.4 Å². The summed E-state index contributed by atoms with van der Waals surface area (Å²) in [5, 5.41) is 7.18. The van der Waals surface area contributed by atoms with Gasteiger partial charge in [-0.1, -0.05) is 30.3 Å². The summed E-state index contributed by atoms with van der Waals surface area (Å²) < 4.78 is 0. The van der Waals surface area contributed by atoms with E-state index in [1.807, 2.05) is 0 Å². The van der Waals surface area contributed by atoms with Gasteiger partial charge in [0.25, 0.3) is 0 Å². The van der Waals surface area contributed by atoms with E-state index in [0.717, 1.165) is 12.6 Å². The minimum Gasteiger partial charge on any atom is -0.317 e. The van der Waals surface area contributed by atoms with Gasteiger partial charge in [0.2, 0.25) is 0 Å². The smallest absolute Gasteiger partial charge is 0.0208 e. The summed E-state index contributed by atoms with van der Waals surface area (Å²) >= 11 is 0. The molecular formula is C17H27N3. The Morgan fingerprint density at radius 2 is 1.70 bits per heavy atom. The van der Waals surface area contributed by atoms with Crippen LogP contribution in [0.15, 0.2) is 30.3 Å². The third-order valence-corrected chi connectivity index (χ3v) is 4.79. The van der Waals surface area contributed by atoms with Crippen molar-refractivity contribution >= 4 is 0 Å². The van der Waals surface area contributed by atoms with E-state index in [2.05, 4.69) is 45.9 Å². The number of likely N-dealkylation sites (tertiary alicyclic amines) is 1. The molecule has 0 radical (unpaired) electrons. The zero-order valence-corrected chi connectivity index (χ0v) is 12.4. The van der Waals surface area contributed by atoms with Gasteiger partial charge >= 0.3 is 0 Å². The van der Waals surface area contributed by atoms with Gasteiger partial charge in [-0.15, -0.1) is 0 Å². The van der Waals surface area contributed by atoms with Crippen LogP contribution in [0.5, 0.6) is 0 Å². The highest BCUT2D eigenvalue weighted by atomic mass is 15.2. The average molecular weight is 273 g/mol. The third-order valence-electron chi connectivity index (χ3n) is 4.79. The van der Waals surface area contributed by atoms with E-state index >= 15 is 0 Å². The summed E-state index contributed by atoms with van der Waals surface area (Å²) in [4.78, 5) is 2.72. The Bertz CT molecular complexity index is 378. The zero-order valence-electron chi connectivity index (χ0n) is 12.4. The number of rotatable bonds is 4. The molecule has 2 heterocycles. The second kappa shape index (κ2) is 7.21. The molecule has 0 aromatic heterocycles. The monoisotopic (exact) mass is 273 g/mol. The van der Waals surface area contributed by atoms with Crippen LogP contribution in [0, 0.1) is 0 Å². The predicted octanol–water partition coefficient (Wildman–Crippen LogP) is 1.99. The molecule has 3 nitrogen and oxygen atoms in total. The maximum absolute atomic E-state index is 3.72. The van der Waals surface area contributed by atoms with Crippen molar-refractivity contribution in [3.8, 4) is 0 Å². The van der Waals surface area contributed by atoms with Crippen molar-refractivity contribution in [2.75, 3.05) is 26.2 Å². The summed E-state index contributed by atoms with van der Waals surface area (Å²) in [6.45, 7) is 5.97. The molecule has 0 aliphatic carbocycles. The van der Waals surface area contributed by atoms with Crippen LogP contribution in [0.1, 0.15) is 31.2 Å². The van der Waals surface area contributed by atoms with Crippen molar-refractivity contribution in [3.05, 3.63) is 35.9 Å². The Balaban J connectivity index is 1.40. The largest absolute Gasteiger partial charge is 0.317 e. The molecule has 3 rings (SSSR count). The van der Waals surface area contributed by atoms with Gasteiger partial charge in [0.15, 0.2) is 0 Å². The van der Waals surface area contributed by atoms with E-state index in [9.17, 15) is 0 Å². The molecule has 0 unspecified atom stereocenters. The first kappa shape index (κ1) is 14.1. The van der Waals surface area contributed by atoms with Crippen molar-refractivity contribution in [2.24, 2.45) is 0 Å². The lowest BCUT2D eigenvalue weighted by molar-refractivity contribution is 0.120. The van der Waals surface area contributed by atoms with Gasteiger partial charge in [0.05, 0.1) is 0 Å². The second-order valence-electron chi connectivity index (χ2n) is 6.16. The Hall–Kier alpha value is -0.900. The van der Waals surface area contributed by atoms with Gasteiger partial charge in [-0.25, -0.2) is 0 Å². The molecule has 0 atom stereocenters. The number of piperidine rings is 2. The minimum atomic E-state index is 0.702. The standard InChI is InChI=1S/C17H27N3/c1-2-4-15(5-3-1)14-19-16-8-12-20(13-9-16)17-6-10-18-11-7-17/h1-5,16-19H,6-14H2. The summed E-state index contributed by atoms with van der Waals surface area (Å²) in [6.07, 6.45) is 5.28. The second-order valence-corrected chi connectivity index (χ2v) is 6.16. The Labute approximate surface area is 122 Å². The van der Waals surface area contributed by atoms with Gasteiger partial charge in [0.1, 0.15) is 0 Å². The Morgan fingerprint density at radius 3 is 2.40 bits per heavy atom. The predicted molar refractivity (Wildman–Crippen MR) is 83.8 cm³/mol. The van der Waals surface area contributed by atoms with Crippen molar-refractivity contribution in [2.45, 2.75) is 44.3 Å². The normalized spacial score (nSPS) is 23.0. The lowest BCUT2D eigenvalue weighted by atomic mass is 9.98. The summed E-state index contributed by atoms with van der Waals surface area (Å²) in [7, 11) is 0. The highest BCUT2D eigenvalue weighted by Gasteiger charge is 2.25. The van der Waals surface area contributed by atoms with E-state index in [0.29, 0.717) is 6.04 Å². The molecule has 0 bridgehead atoms. The SMILES string of the molecule is c1ccc(CNC2CCN(C3CCNCC3)CC2)cc1. The number of hydrogen-bond donors (Lipinski definition) is 2. The van der Waals surface area contributed by atoms with Gasteiger partial charge in [-0.05, 0) is 57.4 Å². The van der Waals surface area contributed by atoms with E-state index in [4.69, 9.17) is 0 Å². The lowest BCUT2D eigenvalue weighted by Gasteiger charge is -2.39. The lowest BCUT2D eigenvalue weighted by Crippen LogP contribution is -2.49. The van der Waals surface area contributed by atoms with Gasteiger partial charge < -0.3 is 15.5 Å². The van der Waals surface area contributed by atoms with Crippen LogP contribution in [0.4, 0.5) is 0 Å². The number of nitrogens with zero attached hydrogens (tertiary/aromatic N) is 1.